The van der Waals surface area contributed by atoms with Gasteiger partial charge in [0.25, 0.3) is 5.56 Å². The number of aromatic nitrogens is 2. The lowest BCUT2D eigenvalue weighted by Crippen LogP contribution is -2.41. The number of piperidine rings is 1. The minimum atomic E-state index is -0.101. The van der Waals surface area contributed by atoms with Gasteiger partial charge in [-0.25, -0.2) is 4.98 Å². The van der Waals surface area contributed by atoms with Crippen LogP contribution in [0.1, 0.15) is 25.7 Å². The Balaban J connectivity index is 1.50. The first-order valence-corrected chi connectivity index (χ1v) is 9.22. The Morgan fingerprint density at radius 2 is 2.04 bits per heavy atom. The monoisotopic (exact) mass is 358 g/mol. The molecule has 2 heterocycles. The molecule has 2 N–H and O–H groups in total. The number of nitrogens with zero attached hydrogens (tertiary/aromatic N) is 3. The molecule has 2 aromatic rings. The summed E-state index contributed by atoms with van der Waals surface area (Å²) >= 11 is 0. The van der Waals surface area contributed by atoms with E-state index in [-0.39, 0.29) is 17.6 Å². The molecule has 1 aromatic heterocycles. The number of hydrogen-bond acceptors (Lipinski definition) is 5. The van der Waals surface area contributed by atoms with E-state index in [1.807, 2.05) is 23.1 Å². The molecule has 0 unspecified atom stereocenters. The minimum Gasteiger partial charge on any atom is -0.378 e. The highest BCUT2D eigenvalue weighted by Gasteiger charge is 2.23. The number of benzene rings is 1. The Morgan fingerprint density at radius 3 is 2.81 bits per heavy atom. The van der Waals surface area contributed by atoms with E-state index in [4.69, 9.17) is 10.5 Å². The zero-order chi connectivity index (χ0) is 18.4. The average molecular weight is 358 g/mol. The van der Waals surface area contributed by atoms with E-state index in [1.54, 1.807) is 6.07 Å². The second-order valence-corrected chi connectivity index (χ2v) is 6.60. The van der Waals surface area contributed by atoms with Gasteiger partial charge in [0.15, 0.2) is 0 Å². The maximum Gasteiger partial charge on any atom is 0.261 e. The van der Waals surface area contributed by atoms with Crippen LogP contribution in [0.4, 0.5) is 0 Å². The molecule has 26 heavy (non-hydrogen) atoms. The third-order valence-corrected chi connectivity index (χ3v) is 4.79. The quantitative estimate of drug-likeness (QED) is 0.750. The first kappa shape index (κ1) is 18.5. The number of rotatable bonds is 7. The van der Waals surface area contributed by atoms with Crippen molar-refractivity contribution >= 4 is 16.8 Å². The highest BCUT2D eigenvalue weighted by atomic mass is 16.5. The van der Waals surface area contributed by atoms with Gasteiger partial charge in [-0.3, -0.25) is 14.2 Å². The van der Waals surface area contributed by atoms with Crippen LogP contribution in [0.5, 0.6) is 0 Å². The Bertz CT molecular complexity index is 797. The van der Waals surface area contributed by atoms with Crippen molar-refractivity contribution in [3.05, 3.63) is 40.9 Å². The van der Waals surface area contributed by atoms with Crippen LogP contribution in [-0.4, -0.2) is 52.7 Å². The number of para-hydroxylation sites is 1. The van der Waals surface area contributed by atoms with Crippen LogP contribution >= 0.6 is 0 Å². The number of likely N-dealkylation sites (tertiary alicyclic amines) is 1. The summed E-state index contributed by atoms with van der Waals surface area (Å²) in [4.78, 5) is 31.1. The molecule has 1 fully saturated rings. The van der Waals surface area contributed by atoms with E-state index in [2.05, 4.69) is 4.98 Å². The molecule has 7 nitrogen and oxygen atoms in total. The van der Waals surface area contributed by atoms with Gasteiger partial charge in [-0.2, -0.15) is 0 Å². The number of hydrogen-bond donors (Lipinski definition) is 1. The van der Waals surface area contributed by atoms with Gasteiger partial charge in [-0.1, -0.05) is 12.1 Å². The molecule has 3 rings (SSSR count). The van der Waals surface area contributed by atoms with Gasteiger partial charge in [0.1, 0.15) is 0 Å². The van der Waals surface area contributed by atoms with Gasteiger partial charge in [-0.05, 0) is 37.9 Å². The van der Waals surface area contributed by atoms with Crippen LogP contribution in [0, 0.1) is 0 Å². The maximum absolute atomic E-state index is 12.5. The van der Waals surface area contributed by atoms with Crippen LogP contribution < -0.4 is 11.3 Å². The van der Waals surface area contributed by atoms with E-state index < -0.39 is 0 Å². The van der Waals surface area contributed by atoms with Crippen molar-refractivity contribution in [2.75, 3.05) is 26.2 Å². The molecule has 0 saturated carbocycles. The summed E-state index contributed by atoms with van der Waals surface area (Å²) < 4.78 is 7.28. The summed E-state index contributed by atoms with van der Waals surface area (Å²) in [6, 6.07) is 7.25. The lowest BCUT2D eigenvalue weighted by Gasteiger charge is -2.32. The molecule has 0 radical (unpaired) electrons. The molecule has 1 amide bonds. The second kappa shape index (κ2) is 8.91. The van der Waals surface area contributed by atoms with Gasteiger partial charge in [-0.15, -0.1) is 0 Å². The zero-order valence-corrected chi connectivity index (χ0v) is 15.0. The predicted molar refractivity (Wildman–Crippen MR) is 99.8 cm³/mol. The summed E-state index contributed by atoms with van der Waals surface area (Å²) in [7, 11) is 0. The molecule has 1 aliphatic heterocycles. The van der Waals surface area contributed by atoms with Crippen molar-refractivity contribution in [3.63, 3.8) is 0 Å². The van der Waals surface area contributed by atoms with Crippen molar-refractivity contribution in [2.24, 2.45) is 5.73 Å². The van der Waals surface area contributed by atoms with E-state index in [0.717, 1.165) is 19.3 Å². The summed E-state index contributed by atoms with van der Waals surface area (Å²) in [6.07, 6.45) is 4.63. The summed E-state index contributed by atoms with van der Waals surface area (Å²) in [5.74, 6) is 0.0745. The lowest BCUT2D eigenvalue weighted by atomic mass is 10.1. The summed E-state index contributed by atoms with van der Waals surface area (Å²) in [5.41, 5.74) is 6.04. The summed E-state index contributed by atoms with van der Waals surface area (Å²) in [5, 5.41) is 0.581. The van der Waals surface area contributed by atoms with Crippen molar-refractivity contribution in [2.45, 2.75) is 38.3 Å². The van der Waals surface area contributed by atoms with Crippen LogP contribution in [0.25, 0.3) is 10.9 Å². The van der Waals surface area contributed by atoms with Crippen molar-refractivity contribution in [1.82, 2.24) is 14.5 Å². The van der Waals surface area contributed by atoms with Crippen LogP contribution in [0.15, 0.2) is 35.4 Å². The van der Waals surface area contributed by atoms with E-state index in [0.29, 0.717) is 50.1 Å². The molecule has 140 valence electrons. The van der Waals surface area contributed by atoms with Crippen LogP contribution in [0.3, 0.4) is 0 Å². The maximum atomic E-state index is 12.5. The molecular formula is C19H26N4O3. The fourth-order valence-electron chi connectivity index (χ4n) is 3.24. The number of fused-ring (bicyclic) bond motifs is 1. The Labute approximate surface area is 152 Å². The van der Waals surface area contributed by atoms with Crippen molar-refractivity contribution in [3.8, 4) is 0 Å². The molecular weight excluding hydrogens is 332 g/mol. The molecule has 0 bridgehead atoms. The predicted octanol–water partition coefficient (Wildman–Crippen LogP) is 1.14. The van der Waals surface area contributed by atoms with E-state index in [1.165, 1.54) is 10.9 Å². The number of aryl methyl sites for hydroxylation is 1. The van der Waals surface area contributed by atoms with Gasteiger partial charge in [0.05, 0.1) is 23.3 Å². The fourth-order valence-corrected chi connectivity index (χ4v) is 3.24. The third-order valence-electron chi connectivity index (χ3n) is 4.79. The SMILES string of the molecule is NCCCOC1CCN(C(=O)CCn2cnc3ccccc3c2=O)CC1. The zero-order valence-electron chi connectivity index (χ0n) is 15.0. The number of nitrogens with two attached hydrogens (primary N) is 1. The molecule has 7 heteroatoms. The smallest absolute Gasteiger partial charge is 0.261 e. The highest BCUT2D eigenvalue weighted by molar-refractivity contribution is 5.77. The van der Waals surface area contributed by atoms with E-state index >= 15 is 0 Å². The van der Waals surface area contributed by atoms with Gasteiger partial charge in [0, 0.05) is 32.7 Å². The third kappa shape index (κ3) is 4.47. The normalized spacial score (nSPS) is 15.5. The Kier molecular flexibility index (Phi) is 6.35. The molecule has 1 aliphatic rings. The second-order valence-electron chi connectivity index (χ2n) is 6.60. The molecule has 0 spiro atoms. The first-order valence-electron chi connectivity index (χ1n) is 9.22. The molecule has 0 atom stereocenters. The Morgan fingerprint density at radius 1 is 1.27 bits per heavy atom. The van der Waals surface area contributed by atoms with Crippen LogP contribution in [-0.2, 0) is 16.1 Å². The van der Waals surface area contributed by atoms with Crippen LogP contribution in [0.2, 0.25) is 0 Å². The fraction of sp³-hybridized carbons (Fsp3) is 0.526. The largest absolute Gasteiger partial charge is 0.378 e. The highest BCUT2D eigenvalue weighted by Crippen LogP contribution is 2.15. The standard InChI is InChI=1S/C19H26N4O3/c20-9-3-13-26-15-6-10-22(11-7-15)18(24)8-12-23-14-21-17-5-2-1-4-16(17)19(23)25/h1-2,4-5,14-15H,3,6-13,20H2. The number of amides is 1. The molecule has 1 saturated heterocycles. The van der Waals surface area contributed by atoms with Crippen molar-refractivity contribution in [1.29, 1.82) is 0 Å². The van der Waals surface area contributed by atoms with Gasteiger partial charge in [0.2, 0.25) is 5.91 Å². The number of carbonyl (C=O) groups is 1. The topological polar surface area (TPSA) is 90.4 Å². The first-order chi connectivity index (χ1) is 12.7. The number of carbonyl (C=O) groups excluding carboxylic acids is 1. The van der Waals surface area contributed by atoms with Gasteiger partial charge < -0.3 is 15.4 Å². The lowest BCUT2D eigenvalue weighted by molar-refractivity contribution is -0.134. The summed E-state index contributed by atoms with van der Waals surface area (Å²) in [6.45, 7) is 3.09. The Hall–Kier alpha value is -2.25. The van der Waals surface area contributed by atoms with Gasteiger partial charge >= 0.3 is 0 Å². The molecule has 1 aromatic carbocycles. The van der Waals surface area contributed by atoms with Crippen molar-refractivity contribution < 1.29 is 9.53 Å². The number of ether oxygens (including phenoxy) is 1. The van der Waals surface area contributed by atoms with E-state index in [9.17, 15) is 9.59 Å². The molecule has 0 aliphatic carbocycles. The average Bonchev–Trinajstić information content (AvgIpc) is 2.68. The minimum absolute atomic E-state index is 0.0745.